The first kappa shape index (κ1) is 14.5. The maximum Gasteiger partial charge on any atom is 0.183 e. The van der Waals surface area contributed by atoms with Crippen LogP contribution in [0.1, 0.15) is 40.6 Å². The Morgan fingerprint density at radius 3 is 2.91 bits per heavy atom. The molecule has 1 aliphatic carbocycles. The maximum atomic E-state index is 4.65. The minimum absolute atomic E-state index is 0.328. The van der Waals surface area contributed by atoms with Crippen LogP contribution in [0.4, 0.5) is 5.13 Å². The average molecular weight is 324 g/mol. The lowest BCUT2D eigenvalue weighted by Crippen LogP contribution is -2.18. The highest BCUT2D eigenvalue weighted by Gasteiger charge is 2.24. The van der Waals surface area contributed by atoms with E-state index in [1.165, 1.54) is 28.1 Å². The van der Waals surface area contributed by atoms with Crippen LogP contribution in [0.2, 0.25) is 0 Å². The van der Waals surface area contributed by atoms with Crippen molar-refractivity contribution < 1.29 is 0 Å². The van der Waals surface area contributed by atoms with Gasteiger partial charge < -0.3 is 5.32 Å². The van der Waals surface area contributed by atoms with Gasteiger partial charge in [0.15, 0.2) is 5.13 Å². The number of aryl methyl sites for hydroxylation is 1. The highest BCUT2D eigenvalue weighted by Crippen LogP contribution is 2.33. The van der Waals surface area contributed by atoms with E-state index in [1.54, 1.807) is 11.3 Å². The first-order chi connectivity index (χ1) is 11.3. The van der Waals surface area contributed by atoms with Crippen molar-refractivity contribution in [2.45, 2.75) is 38.8 Å². The molecule has 1 N–H and O–H groups in total. The summed E-state index contributed by atoms with van der Waals surface area (Å²) in [6, 6.07) is 10.9. The molecular formula is C18H20N4S. The SMILES string of the molecule is Cc1cnc(NC2CCCc3c2cnn3Cc2ccccc2)s1. The Balaban J connectivity index is 1.57. The summed E-state index contributed by atoms with van der Waals surface area (Å²) in [5.41, 5.74) is 4.00. The molecule has 0 saturated heterocycles. The molecule has 5 heteroatoms. The molecule has 0 saturated carbocycles. The third kappa shape index (κ3) is 3.01. The molecule has 4 nitrogen and oxygen atoms in total. The summed E-state index contributed by atoms with van der Waals surface area (Å²) in [5.74, 6) is 0. The van der Waals surface area contributed by atoms with E-state index in [0.29, 0.717) is 6.04 Å². The lowest BCUT2D eigenvalue weighted by atomic mass is 9.93. The molecule has 1 unspecified atom stereocenters. The van der Waals surface area contributed by atoms with Crippen molar-refractivity contribution in [3.8, 4) is 0 Å². The van der Waals surface area contributed by atoms with Crippen molar-refractivity contribution in [1.29, 1.82) is 0 Å². The van der Waals surface area contributed by atoms with Gasteiger partial charge in [-0.15, -0.1) is 11.3 Å². The predicted octanol–water partition coefficient (Wildman–Crippen LogP) is 4.19. The predicted molar refractivity (Wildman–Crippen MR) is 93.9 cm³/mol. The van der Waals surface area contributed by atoms with E-state index in [2.05, 4.69) is 57.3 Å². The third-order valence-corrected chi connectivity index (χ3v) is 5.20. The van der Waals surface area contributed by atoms with Gasteiger partial charge in [0, 0.05) is 22.3 Å². The second-order valence-corrected chi connectivity index (χ2v) is 7.29. The fourth-order valence-corrected chi connectivity index (χ4v) is 3.95. The van der Waals surface area contributed by atoms with Crippen molar-refractivity contribution >= 4 is 16.5 Å². The molecule has 2 aromatic heterocycles. The molecule has 4 rings (SSSR count). The van der Waals surface area contributed by atoms with E-state index in [1.807, 2.05) is 12.4 Å². The summed E-state index contributed by atoms with van der Waals surface area (Å²) < 4.78 is 2.16. The topological polar surface area (TPSA) is 42.7 Å². The number of aromatic nitrogens is 3. The molecule has 0 amide bonds. The van der Waals surface area contributed by atoms with Gasteiger partial charge >= 0.3 is 0 Å². The zero-order valence-electron chi connectivity index (χ0n) is 13.2. The quantitative estimate of drug-likeness (QED) is 0.782. The first-order valence-corrected chi connectivity index (χ1v) is 8.89. The summed E-state index contributed by atoms with van der Waals surface area (Å²) in [6.45, 7) is 2.94. The molecule has 1 aromatic carbocycles. The van der Waals surface area contributed by atoms with E-state index >= 15 is 0 Å². The monoisotopic (exact) mass is 324 g/mol. The molecule has 0 fully saturated rings. The van der Waals surface area contributed by atoms with Crippen LogP contribution in [-0.4, -0.2) is 14.8 Å². The number of benzene rings is 1. The van der Waals surface area contributed by atoms with Crippen LogP contribution in [0.25, 0.3) is 0 Å². The fourth-order valence-electron chi connectivity index (χ4n) is 3.23. The van der Waals surface area contributed by atoms with Crippen molar-refractivity contribution in [3.05, 3.63) is 64.4 Å². The Kier molecular flexibility index (Phi) is 3.87. The van der Waals surface area contributed by atoms with Gasteiger partial charge in [0.2, 0.25) is 0 Å². The highest BCUT2D eigenvalue weighted by molar-refractivity contribution is 7.15. The normalized spacial score (nSPS) is 17.0. The van der Waals surface area contributed by atoms with Crippen molar-refractivity contribution in [2.75, 3.05) is 5.32 Å². The number of thiazole rings is 1. The van der Waals surface area contributed by atoms with Crippen LogP contribution >= 0.6 is 11.3 Å². The lowest BCUT2D eigenvalue weighted by Gasteiger charge is -2.24. The molecule has 0 radical (unpaired) electrons. The molecule has 0 aliphatic heterocycles. The number of hydrogen-bond acceptors (Lipinski definition) is 4. The van der Waals surface area contributed by atoms with Crippen LogP contribution in [0.15, 0.2) is 42.7 Å². The summed E-state index contributed by atoms with van der Waals surface area (Å²) in [4.78, 5) is 5.68. The molecule has 0 spiro atoms. The van der Waals surface area contributed by atoms with Crippen molar-refractivity contribution in [1.82, 2.24) is 14.8 Å². The van der Waals surface area contributed by atoms with Gasteiger partial charge in [-0.25, -0.2) is 4.98 Å². The second-order valence-electron chi connectivity index (χ2n) is 6.06. The number of hydrogen-bond donors (Lipinski definition) is 1. The lowest BCUT2D eigenvalue weighted by molar-refractivity contribution is 0.556. The van der Waals surface area contributed by atoms with E-state index in [9.17, 15) is 0 Å². The standard InChI is InChI=1S/C18H20N4S/c1-13-10-19-18(23-13)21-16-8-5-9-17-15(16)11-20-22(17)12-14-6-3-2-4-7-14/h2-4,6-7,10-11,16H,5,8-9,12H2,1H3,(H,19,21). The Morgan fingerprint density at radius 2 is 2.13 bits per heavy atom. The molecule has 23 heavy (non-hydrogen) atoms. The van der Waals surface area contributed by atoms with Crippen molar-refractivity contribution in [2.24, 2.45) is 0 Å². The van der Waals surface area contributed by atoms with Gasteiger partial charge in [0.1, 0.15) is 0 Å². The summed E-state index contributed by atoms with van der Waals surface area (Å²) in [6.07, 6.45) is 7.40. The van der Waals surface area contributed by atoms with Crippen LogP contribution < -0.4 is 5.32 Å². The van der Waals surface area contributed by atoms with Gasteiger partial charge in [0.05, 0.1) is 18.8 Å². The van der Waals surface area contributed by atoms with Gasteiger partial charge in [-0.3, -0.25) is 4.68 Å². The Bertz CT molecular complexity index is 790. The summed E-state index contributed by atoms with van der Waals surface area (Å²) in [5, 5.41) is 9.25. The largest absolute Gasteiger partial charge is 0.355 e. The molecular weight excluding hydrogens is 304 g/mol. The van der Waals surface area contributed by atoms with Crippen LogP contribution in [-0.2, 0) is 13.0 Å². The minimum Gasteiger partial charge on any atom is -0.355 e. The molecule has 0 bridgehead atoms. The molecule has 118 valence electrons. The first-order valence-electron chi connectivity index (χ1n) is 8.07. The molecule has 2 heterocycles. The van der Waals surface area contributed by atoms with Gasteiger partial charge in [-0.05, 0) is 31.7 Å². The van der Waals surface area contributed by atoms with E-state index in [0.717, 1.165) is 24.5 Å². The van der Waals surface area contributed by atoms with E-state index in [-0.39, 0.29) is 0 Å². The second kappa shape index (κ2) is 6.16. The highest BCUT2D eigenvalue weighted by atomic mass is 32.1. The zero-order chi connectivity index (χ0) is 15.6. The molecule has 3 aromatic rings. The molecule has 1 atom stereocenters. The Hall–Kier alpha value is -2.14. The average Bonchev–Trinajstić information content (AvgIpc) is 3.16. The summed E-state index contributed by atoms with van der Waals surface area (Å²) in [7, 11) is 0. The third-order valence-electron chi connectivity index (χ3n) is 4.36. The number of nitrogens with zero attached hydrogens (tertiary/aromatic N) is 3. The zero-order valence-corrected chi connectivity index (χ0v) is 14.0. The number of nitrogens with one attached hydrogen (secondary N) is 1. The van der Waals surface area contributed by atoms with Crippen molar-refractivity contribution in [3.63, 3.8) is 0 Å². The number of fused-ring (bicyclic) bond motifs is 1. The number of anilines is 1. The summed E-state index contributed by atoms with van der Waals surface area (Å²) >= 11 is 1.72. The number of rotatable bonds is 4. The Morgan fingerprint density at radius 1 is 1.26 bits per heavy atom. The maximum absolute atomic E-state index is 4.65. The Labute approximate surface area is 140 Å². The van der Waals surface area contributed by atoms with Crippen LogP contribution in [0, 0.1) is 6.92 Å². The van der Waals surface area contributed by atoms with E-state index in [4.69, 9.17) is 0 Å². The van der Waals surface area contributed by atoms with Crippen LogP contribution in [0.5, 0.6) is 0 Å². The molecule has 1 aliphatic rings. The van der Waals surface area contributed by atoms with Gasteiger partial charge in [-0.2, -0.15) is 5.10 Å². The minimum atomic E-state index is 0.328. The smallest absolute Gasteiger partial charge is 0.183 e. The van der Waals surface area contributed by atoms with Crippen LogP contribution in [0.3, 0.4) is 0 Å². The fraction of sp³-hybridized carbons (Fsp3) is 0.333. The van der Waals surface area contributed by atoms with Gasteiger partial charge in [-0.1, -0.05) is 30.3 Å². The van der Waals surface area contributed by atoms with E-state index < -0.39 is 0 Å². The van der Waals surface area contributed by atoms with Gasteiger partial charge in [0.25, 0.3) is 0 Å².